The van der Waals surface area contributed by atoms with Gasteiger partial charge in [0.2, 0.25) is 5.91 Å². The van der Waals surface area contributed by atoms with Gasteiger partial charge in [-0.15, -0.1) is 0 Å². The monoisotopic (exact) mass is 676 g/mol. The van der Waals surface area contributed by atoms with Gasteiger partial charge >= 0.3 is 5.69 Å². The first-order valence-corrected chi connectivity index (χ1v) is 16.7. The fourth-order valence-electron chi connectivity index (χ4n) is 6.12. The van der Waals surface area contributed by atoms with Crippen molar-refractivity contribution in [3.63, 3.8) is 0 Å². The third kappa shape index (κ3) is 7.37. The van der Waals surface area contributed by atoms with Crippen LogP contribution in [0.1, 0.15) is 33.6 Å². The second-order valence-electron chi connectivity index (χ2n) is 13.3. The van der Waals surface area contributed by atoms with Gasteiger partial charge in [-0.25, -0.2) is 18.6 Å². The number of hydrogen-bond acceptors (Lipinski definition) is 9. The Morgan fingerprint density at radius 3 is 2.73 bits per heavy atom. The third-order valence-electron chi connectivity index (χ3n) is 8.92. The summed E-state index contributed by atoms with van der Waals surface area (Å²) < 4.78 is 45.1. The molecule has 0 radical (unpaired) electrons. The molecule has 2 aliphatic heterocycles. The van der Waals surface area contributed by atoms with Crippen LogP contribution in [-0.4, -0.2) is 88.1 Å². The number of aliphatic hydroxyl groups excluding tert-OH is 1. The Balaban J connectivity index is 1.57. The Labute approximate surface area is 283 Å². The molecule has 13 heteroatoms. The largest absolute Gasteiger partial charge is 0.490 e. The molecule has 2 bridgehead atoms. The van der Waals surface area contributed by atoms with Crippen LogP contribution in [-0.2, 0) is 9.53 Å². The van der Waals surface area contributed by atoms with Crippen molar-refractivity contribution < 1.29 is 28.2 Å². The number of carbonyl (C=O) groups excluding carboxylic acids is 1. The maximum Gasteiger partial charge on any atom is 0.355 e. The first-order valence-electron chi connectivity index (χ1n) is 16.7. The molecule has 1 aliphatic carbocycles. The fourth-order valence-corrected chi connectivity index (χ4v) is 6.12. The quantitative estimate of drug-likeness (QED) is 0.323. The molecule has 49 heavy (non-hydrogen) atoms. The average Bonchev–Trinajstić information content (AvgIpc) is 3.90. The normalized spacial score (nSPS) is 21.3. The minimum atomic E-state index is -1.25. The van der Waals surface area contributed by atoms with E-state index in [4.69, 9.17) is 9.47 Å². The van der Waals surface area contributed by atoms with Gasteiger partial charge in [-0.05, 0) is 68.2 Å². The molecule has 6 rings (SSSR count). The fraction of sp³-hybridized carbons (Fsp3) is 0.444. The molecule has 2 fully saturated rings. The molecule has 4 heterocycles. The molecule has 0 spiro atoms. The summed E-state index contributed by atoms with van der Waals surface area (Å²) in [7, 11) is 0. The standard InChI is InChI=1S/C36H42F2N6O5/c1-5-30(46)42-13-14-43(22(4)17-42)35-25-15-27(38)32-31-26(37)7-6-8-29(31)48-20-28(45)33(49-19-23-9-10-23)24(11-12-39-16-21(2)3)18-44(34(25)40-32)36(47)41-35/h5-8,11-12,15,18,21-23,28,33,39,45H,1,9-10,13-14,16-17,19-20H2,2-4H3/b12-11-,24-18?/t22-,28?,33?/m0/s1. The highest BCUT2D eigenvalue weighted by molar-refractivity contribution is 5.91. The number of piperazine rings is 1. The summed E-state index contributed by atoms with van der Waals surface area (Å²) in [5.41, 5.74) is -0.878. The van der Waals surface area contributed by atoms with E-state index in [1.165, 1.54) is 41.1 Å². The van der Waals surface area contributed by atoms with Crippen LogP contribution < -0.4 is 20.6 Å². The average molecular weight is 677 g/mol. The van der Waals surface area contributed by atoms with Crippen LogP contribution >= 0.6 is 0 Å². The van der Waals surface area contributed by atoms with Crippen LogP contribution in [0.25, 0.3) is 28.5 Å². The smallest absolute Gasteiger partial charge is 0.355 e. The summed E-state index contributed by atoms with van der Waals surface area (Å²) >= 11 is 0. The molecule has 3 aromatic rings. The summed E-state index contributed by atoms with van der Waals surface area (Å²) in [5, 5.41) is 15.0. The molecule has 1 saturated carbocycles. The highest BCUT2D eigenvalue weighted by Gasteiger charge is 2.33. The van der Waals surface area contributed by atoms with Crippen LogP contribution in [0.3, 0.4) is 0 Å². The van der Waals surface area contributed by atoms with Crippen molar-refractivity contribution in [2.24, 2.45) is 11.8 Å². The van der Waals surface area contributed by atoms with E-state index in [0.29, 0.717) is 50.2 Å². The van der Waals surface area contributed by atoms with Gasteiger partial charge in [0, 0.05) is 44.0 Å². The molecular weight excluding hydrogens is 634 g/mol. The Morgan fingerprint density at radius 2 is 2.02 bits per heavy atom. The van der Waals surface area contributed by atoms with Crippen LogP contribution in [0.4, 0.5) is 14.6 Å². The Bertz CT molecular complexity index is 1860. The van der Waals surface area contributed by atoms with Gasteiger partial charge in [0.1, 0.15) is 41.9 Å². The number of benzene rings is 1. The van der Waals surface area contributed by atoms with E-state index in [2.05, 4.69) is 35.7 Å². The van der Waals surface area contributed by atoms with Crippen LogP contribution in [0, 0.1) is 23.5 Å². The van der Waals surface area contributed by atoms with Gasteiger partial charge in [0.05, 0.1) is 17.6 Å². The molecule has 3 atom stereocenters. The first kappa shape index (κ1) is 34.3. The number of fused-ring (bicyclic) bond motifs is 3. The SMILES string of the molecule is C=CC(=O)N1CCN(c2nc(=O)n3c4nc(c(F)cc24)-c2c(F)cccc2OCC(O)C(OCC2CC2)C(/C=C\NCC(C)C)=C3)[C@@H](C)C1. The number of aromatic nitrogens is 3. The molecule has 260 valence electrons. The molecular formula is C36H42F2N6O5. The molecule has 1 aromatic carbocycles. The Morgan fingerprint density at radius 1 is 1.22 bits per heavy atom. The zero-order valence-electron chi connectivity index (χ0n) is 27.9. The van der Waals surface area contributed by atoms with Gasteiger partial charge in [0.25, 0.3) is 0 Å². The van der Waals surface area contributed by atoms with Crippen molar-refractivity contribution in [2.45, 2.75) is 51.9 Å². The summed E-state index contributed by atoms with van der Waals surface area (Å²) in [6, 6.07) is 4.99. The molecule has 11 nitrogen and oxygen atoms in total. The number of pyridine rings is 1. The Hall–Kier alpha value is -4.62. The lowest BCUT2D eigenvalue weighted by Gasteiger charge is -2.40. The summed E-state index contributed by atoms with van der Waals surface area (Å²) in [6.07, 6.45) is 6.01. The van der Waals surface area contributed by atoms with Crippen molar-refractivity contribution in [1.82, 2.24) is 24.8 Å². The van der Waals surface area contributed by atoms with Gasteiger partial charge in [-0.3, -0.25) is 9.36 Å². The second kappa shape index (κ2) is 14.5. The molecule has 3 aliphatic rings. The van der Waals surface area contributed by atoms with Crippen LogP contribution in [0.5, 0.6) is 5.75 Å². The lowest BCUT2D eigenvalue weighted by atomic mass is 10.0. The maximum absolute atomic E-state index is 16.2. The number of rotatable bonds is 9. The highest BCUT2D eigenvalue weighted by Crippen LogP contribution is 2.37. The van der Waals surface area contributed by atoms with Crippen LogP contribution in [0.15, 0.2) is 59.6 Å². The van der Waals surface area contributed by atoms with E-state index in [1.807, 2.05) is 11.8 Å². The number of nitrogens with one attached hydrogen (secondary N) is 1. The van der Waals surface area contributed by atoms with Crippen molar-refractivity contribution >= 4 is 29.0 Å². The number of hydrogen-bond donors (Lipinski definition) is 2. The summed E-state index contributed by atoms with van der Waals surface area (Å²) in [6.45, 7) is 11.3. The van der Waals surface area contributed by atoms with Crippen molar-refractivity contribution in [3.8, 4) is 17.0 Å². The number of anilines is 1. The zero-order chi connectivity index (χ0) is 34.8. The predicted molar refractivity (Wildman–Crippen MR) is 183 cm³/mol. The van der Waals surface area contributed by atoms with Gasteiger partial charge in [-0.1, -0.05) is 26.5 Å². The van der Waals surface area contributed by atoms with E-state index < -0.39 is 29.5 Å². The molecule has 1 amide bonds. The number of aliphatic hydroxyl groups is 1. The first-order chi connectivity index (χ1) is 23.5. The lowest BCUT2D eigenvalue weighted by molar-refractivity contribution is -0.126. The lowest BCUT2D eigenvalue weighted by Crippen LogP contribution is -2.54. The Kier molecular flexibility index (Phi) is 10.1. The van der Waals surface area contributed by atoms with E-state index >= 15 is 8.78 Å². The van der Waals surface area contributed by atoms with Crippen molar-refractivity contribution in [3.05, 3.63) is 76.9 Å². The third-order valence-corrected chi connectivity index (χ3v) is 8.92. The number of amides is 1. The topological polar surface area (TPSA) is 122 Å². The molecule has 1 saturated heterocycles. The van der Waals surface area contributed by atoms with Gasteiger partial charge < -0.3 is 29.7 Å². The number of nitrogens with zero attached hydrogens (tertiary/aromatic N) is 5. The molecule has 2 N–H and O–H groups in total. The molecule has 2 unspecified atom stereocenters. The second-order valence-corrected chi connectivity index (χ2v) is 13.3. The van der Waals surface area contributed by atoms with E-state index in [-0.39, 0.29) is 52.4 Å². The van der Waals surface area contributed by atoms with E-state index in [9.17, 15) is 14.7 Å². The maximum atomic E-state index is 16.2. The summed E-state index contributed by atoms with van der Waals surface area (Å²) in [5.74, 6) is -0.969. The summed E-state index contributed by atoms with van der Waals surface area (Å²) in [4.78, 5) is 38.9. The highest BCUT2D eigenvalue weighted by atomic mass is 19.1. The minimum absolute atomic E-state index is 0.0224. The van der Waals surface area contributed by atoms with Gasteiger partial charge in [-0.2, -0.15) is 4.98 Å². The minimum Gasteiger partial charge on any atom is -0.490 e. The van der Waals surface area contributed by atoms with Crippen molar-refractivity contribution in [2.75, 3.05) is 44.3 Å². The molecule has 2 aromatic heterocycles. The zero-order valence-corrected chi connectivity index (χ0v) is 27.9. The van der Waals surface area contributed by atoms with Crippen molar-refractivity contribution in [1.29, 1.82) is 0 Å². The number of ether oxygens (including phenoxy) is 2. The van der Waals surface area contributed by atoms with Crippen LogP contribution in [0.2, 0.25) is 0 Å². The number of carbonyl (C=O) groups is 1. The predicted octanol–water partition coefficient (Wildman–Crippen LogP) is 4.11. The van der Waals surface area contributed by atoms with E-state index in [1.54, 1.807) is 17.2 Å². The van der Waals surface area contributed by atoms with Gasteiger partial charge in [0.15, 0.2) is 11.5 Å². The number of halogens is 2. The van der Waals surface area contributed by atoms with E-state index in [0.717, 1.165) is 12.8 Å².